The standard InChI is InChI=1S/C21H18N2O5S2/c1-11-8-12(4-6-15(11)26-2)14-10-29-19-17(14)18(24)22-21(23-19)30-9-13-5-7-16(28-13)20(25)27-3/h4-8,10H,9H2,1-3H3,(H,22,23,24). The van der Waals surface area contributed by atoms with Crippen LogP contribution in [0.1, 0.15) is 21.9 Å². The minimum atomic E-state index is -0.529. The number of nitrogens with zero attached hydrogens (tertiary/aromatic N) is 1. The minimum absolute atomic E-state index is 0.141. The van der Waals surface area contributed by atoms with Gasteiger partial charge in [-0.2, -0.15) is 0 Å². The van der Waals surface area contributed by atoms with Crippen molar-refractivity contribution in [3.8, 4) is 16.9 Å². The number of aromatic nitrogens is 2. The second kappa shape index (κ2) is 8.37. The summed E-state index contributed by atoms with van der Waals surface area (Å²) in [6.45, 7) is 1.97. The Hall–Kier alpha value is -3.04. The number of esters is 1. The van der Waals surface area contributed by atoms with Crippen LogP contribution in [0.15, 0.2) is 50.1 Å². The SMILES string of the molecule is COC(=O)c1ccc(CSc2nc3scc(-c4ccc(OC)c(C)c4)c3c(=O)[nH]2)o1. The number of thiophene rings is 1. The van der Waals surface area contributed by atoms with Gasteiger partial charge in [0.1, 0.15) is 16.3 Å². The highest BCUT2D eigenvalue weighted by Gasteiger charge is 2.15. The van der Waals surface area contributed by atoms with Gasteiger partial charge in [-0.05, 0) is 42.3 Å². The first-order valence-corrected chi connectivity index (χ1v) is 10.8. The van der Waals surface area contributed by atoms with Crippen molar-refractivity contribution in [2.24, 2.45) is 0 Å². The number of carbonyl (C=O) groups is 1. The van der Waals surface area contributed by atoms with Gasteiger partial charge in [-0.15, -0.1) is 11.3 Å². The topological polar surface area (TPSA) is 94.4 Å². The molecule has 0 fully saturated rings. The number of carbonyl (C=O) groups excluding carboxylic acids is 1. The summed E-state index contributed by atoms with van der Waals surface area (Å²) in [5.41, 5.74) is 2.59. The molecule has 0 aliphatic rings. The van der Waals surface area contributed by atoms with E-state index in [1.54, 1.807) is 19.2 Å². The van der Waals surface area contributed by atoms with Gasteiger partial charge in [-0.25, -0.2) is 9.78 Å². The lowest BCUT2D eigenvalue weighted by Crippen LogP contribution is -2.08. The Labute approximate surface area is 180 Å². The summed E-state index contributed by atoms with van der Waals surface area (Å²) < 4.78 is 15.4. The van der Waals surface area contributed by atoms with Gasteiger partial charge in [0.15, 0.2) is 5.16 Å². The number of hydrogen-bond donors (Lipinski definition) is 1. The molecule has 0 saturated heterocycles. The molecule has 0 unspecified atom stereocenters. The summed E-state index contributed by atoms with van der Waals surface area (Å²) in [6.07, 6.45) is 0. The number of ether oxygens (including phenoxy) is 2. The summed E-state index contributed by atoms with van der Waals surface area (Å²) in [6, 6.07) is 9.09. The van der Waals surface area contributed by atoms with Crippen LogP contribution in [0.3, 0.4) is 0 Å². The number of aryl methyl sites for hydroxylation is 1. The maximum absolute atomic E-state index is 12.8. The number of thioether (sulfide) groups is 1. The molecule has 0 aliphatic carbocycles. The van der Waals surface area contributed by atoms with Crippen molar-refractivity contribution < 1.29 is 18.7 Å². The molecule has 0 spiro atoms. The van der Waals surface area contributed by atoms with E-state index < -0.39 is 5.97 Å². The average molecular weight is 443 g/mol. The zero-order valence-corrected chi connectivity index (χ0v) is 18.1. The fourth-order valence-electron chi connectivity index (χ4n) is 3.06. The van der Waals surface area contributed by atoms with Crippen molar-refractivity contribution in [3.05, 3.63) is 63.1 Å². The predicted octanol–water partition coefficient (Wildman–Crippen LogP) is 4.64. The van der Waals surface area contributed by atoms with Gasteiger partial charge in [-0.3, -0.25) is 4.79 Å². The zero-order chi connectivity index (χ0) is 21.3. The molecule has 0 atom stereocenters. The summed E-state index contributed by atoms with van der Waals surface area (Å²) in [7, 11) is 2.93. The van der Waals surface area contributed by atoms with Crippen molar-refractivity contribution in [3.63, 3.8) is 0 Å². The summed E-state index contributed by atoms with van der Waals surface area (Å²) in [4.78, 5) is 32.4. The van der Waals surface area contributed by atoms with Crippen molar-refractivity contribution in [1.29, 1.82) is 0 Å². The van der Waals surface area contributed by atoms with Gasteiger partial charge in [-0.1, -0.05) is 17.8 Å². The molecule has 1 N–H and O–H groups in total. The van der Waals surface area contributed by atoms with Crippen LogP contribution in [0.25, 0.3) is 21.3 Å². The van der Waals surface area contributed by atoms with Gasteiger partial charge in [0.05, 0.1) is 25.4 Å². The number of aromatic amines is 1. The Balaban J connectivity index is 1.59. The lowest BCUT2D eigenvalue weighted by Gasteiger charge is -2.07. The van der Waals surface area contributed by atoms with Crippen LogP contribution in [0.2, 0.25) is 0 Å². The molecule has 154 valence electrons. The Morgan fingerprint density at radius 2 is 2.10 bits per heavy atom. The number of H-pyrrole nitrogens is 1. The van der Waals surface area contributed by atoms with Gasteiger partial charge in [0.25, 0.3) is 5.56 Å². The fourth-order valence-corrected chi connectivity index (χ4v) is 4.82. The van der Waals surface area contributed by atoms with Gasteiger partial charge < -0.3 is 18.9 Å². The highest BCUT2D eigenvalue weighted by atomic mass is 32.2. The van der Waals surface area contributed by atoms with Crippen LogP contribution in [0, 0.1) is 6.92 Å². The number of nitrogens with one attached hydrogen (secondary N) is 1. The molecule has 0 aliphatic heterocycles. The first kappa shape index (κ1) is 20.2. The van der Waals surface area contributed by atoms with E-state index in [1.807, 2.05) is 30.5 Å². The van der Waals surface area contributed by atoms with Crippen LogP contribution >= 0.6 is 23.1 Å². The van der Waals surface area contributed by atoms with Crippen molar-refractivity contribution >= 4 is 39.3 Å². The summed E-state index contributed by atoms with van der Waals surface area (Å²) in [5, 5.41) is 3.00. The predicted molar refractivity (Wildman–Crippen MR) is 117 cm³/mol. The van der Waals surface area contributed by atoms with E-state index in [2.05, 4.69) is 14.7 Å². The molecule has 4 aromatic rings. The molecular weight excluding hydrogens is 424 g/mol. The molecule has 4 rings (SSSR count). The van der Waals surface area contributed by atoms with E-state index in [4.69, 9.17) is 9.15 Å². The number of furan rings is 1. The normalized spacial score (nSPS) is 11.0. The molecule has 0 bridgehead atoms. The van der Waals surface area contributed by atoms with E-state index in [0.29, 0.717) is 26.9 Å². The molecule has 30 heavy (non-hydrogen) atoms. The largest absolute Gasteiger partial charge is 0.496 e. The summed E-state index contributed by atoms with van der Waals surface area (Å²) in [5.74, 6) is 1.42. The third-order valence-corrected chi connectivity index (χ3v) is 6.30. The molecule has 0 amide bonds. The first-order chi connectivity index (χ1) is 14.5. The highest BCUT2D eigenvalue weighted by molar-refractivity contribution is 7.98. The van der Waals surface area contributed by atoms with Crippen LogP contribution < -0.4 is 10.3 Å². The Bertz CT molecular complexity index is 1290. The maximum atomic E-state index is 12.8. The zero-order valence-electron chi connectivity index (χ0n) is 16.5. The number of hydrogen-bond acceptors (Lipinski definition) is 8. The molecule has 3 heterocycles. The molecule has 0 saturated carbocycles. The minimum Gasteiger partial charge on any atom is -0.496 e. The number of rotatable bonds is 6. The number of benzene rings is 1. The van der Waals surface area contributed by atoms with Gasteiger partial charge >= 0.3 is 5.97 Å². The van der Waals surface area contributed by atoms with Crippen LogP contribution in [-0.2, 0) is 10.5 Å². The third kappa shape index (κ3) is 3.86. The highest BCUT2D eigenvalue weighted by Crippen LogP contribution is 2.34. The summed E-state index contributed by atoms with van der Waals surface area (Å²) >= 11 is 2.75. The smallest absolute Gasteiger partial charge is 0.373 e. The molecule has 1 aromatic carbocycles. The lowest BCUT2D eigenvalue weighted by atomic mass is 10.0. The molecule has 3 aromatic heterocycles. The fraction of sp³-hybridized carbons (Fsp3) is 0.190. The quantitative estimate of drug-likeness (QED) is 0.264. The number of fused-ring (bicyclic) bond motifs is 1. The van der Waals surface area contributed by atoms with Gasteiger partial charge in [0, 0.05) is 10.9 Å². The van der Waals surface area contributed by atoms with Gasteiger partial charge in [0.2, 0.25) is 5.76 Å². The van der Waals surface area contributed by atoms with E-state index >= 15 is 0 Å². The molecule has 0 radical (unpaired) electrons. The monoisotopic (exact) mass is 442 g/mol. The lowest BCUT2D eigenvalue weighted by molar-refractivity contribution is 0.0563. The first-order valence-electron chi connectivity index (χ1n) is 8.96. The Morgan fingerprint density at radius 1 is 1.27 bits per heavy atom. The van der Waals surface area contributed by atoms with E-state index in [-0.39, 0.29) is 11.3 Å². The molecular formula is C21H18N2O5S2. The van der Waals surface area contributed by atoms with Crippen LogP contribution in [-0.4, -0.2) is 30.2 Å². The number of methoxy groups -OCH3 is 2. The Morgan fingerprint density at radius 3 is 2.83 bits per heavy atom. The van der Waals surface area contributed by atoms with E-state index in [1.165, 1.54) is 30.2 Å². The molecule has 9 heteroatoms. The average Bonchev–Trinajstić information content (AvgIpc) is 3.39. The Kier molecular flexibility index (Phi) is 5.65. The van der Waals surface area contributed by atoms with Crippen molar-refractivity contribution in [1.82, 2.24) is 9.97 Å². The molecule has 7 nitrogen and oxygen atoms in total. The second-order valence-electron chi connectivity index (χ2n) is 6.43. The van der Waals surface area contributed by atoms with Crippen molar-refractivity contribution in [2.45, 2.75) is 17.8 Å². The van der Waals surface area contributed by atoms with E-state index in [0.717, 1.165) is 22.4 Å². The second-order valence-corrected chi connectivity index (χ2v) is 8.25. The van der Waals surface area contributed by atoms with Crippen LogP contribution in [0.4, 0.5) is 0 Å². The van der Waals surface area contributed by atoms with Crippen LogP contribution in [0.5, 0.6) is 5.75 Å². The third-order valence-electron chi connectivity index (χ3n) is 4.53. The van der Waals surface area contributed by atoms with E-state index in [9.17, 15) is 9.59 Å². The van der Waals surface area contributed by atoms with Crippen molar-refractivity contribution in [2.75, 3.05) is 14.2 Å². The maximum Gasteiger partial charge on any atom is 0.373 e.